The minimum absolute atomic E-state index is 0.0162. The third-order valence-electron chi connectivity index (χ3n) is 2.18. The van der Waals surface area contributed by atoms with E-state index in [1.165, 1.54) is 24.3 Å². The summed E-state index contributed by atoms with van der Waals surface area (Å²) in [6.07, 6.45) is 2.09. The van der Waals surface area contributed by atoms with E-state index in [2.05, 4.69) is 4.98 Å². The van der Waals surface area contributed by atoms with Crippen molar-refractivity contribution < 1.29 is 9.18 Å². The van der Waals surface area contributed by atoms with Crippen molar-refractivity contribution in [1.82, 2.24) is 4.98 Å². The Morgan fingerprint density at radius 2 is 1.93 bits per heavy atom. The van der Waals surface area contributed by atoms with E-state index in [-0.39, 0.29) is 11.6 Å². The van der Waals surface area contributed by atoms with Crippen LogP contribution in [0.5, 0.6) is 0 Å². The average Bonchev–Trinajstić information content (AvgIpc) is 2.71. The quantitative estimate of drug-likeness (QED) is 0.764. The Kier molecular flexibility index (Phi) is 2.63. The molecule has 0 aliphatic rings. The lowest BCUT2D eigenvalue weighted by molar-refractivity contribution is 0.0992. The van der Waals surface area contributed by atoms with Crippen LogP contribution >= 0.6 is 0 Å². The van der Waals surface area contributed by atoms with Crippen LogP contribution in [0, 0.1) is 5.82 Å². The van der Waals surface area contributed by atoms with Crippen LogP contribution in [0.1, 0.15) is 16.1 Å². The number of H-pyrrole nitrogens is 1. The molecule has 0 fully saturated rings. The lowest BCUT2D eigenvalue weighted by atomic mass is 10.1. The van der Waals surface area contributed by atoms with Crippen LogP contribution in [0.4, 0.5) is 4.39 Å². The molecule has 1 aromatic carbocycles. The molecule has 0 unspecified atom stereocenters. The zero-order valence-corrected chi connectivity index (χ0v) is 8.03. The van der Waals surface area contributed by atoms with E-state index < -0.39 is 0 Å². The summed E-state index contributed by atoms with van der Waals surface area (Å²) < 4.78 is 12.6. The Morgan fingerprint density at radius 1 is 1.20 bits per heavy atom. The van der Waals surface area contributed by atoms with Crippen molar-refractivity contribution in [2.24, 2.45) is 0 Å². The standard InChI is InChI=1S/C12H10FNO/c13-10-5-3-9(4-6-10)12(15)8-11-2-1-7-14-11/h1-7,14H,8H2. The van der Waals surface area contributed by atoms with Crippen molar-refractivity contribution in [2.75, 3.05) is 0 Å². The highest BCUT2D eigenvalue weighted by molar-refractivity contribution is 5.97. The summed E-state index contributed by atoms with van der Waals surface area (Å²) in [7, 11) is 0. The molecule has 0 bridgehead atoms. The fraction of sp³-hybridized carbons (Fsp3) is 0.0833. The first kappa shape index (κ1) is 9.65. The van der Waals surface area contributed by atoms with Gasteiger partial charge >= 0.3 is 0 Å². The van der Waals surface area contributed by atoms with Crippen molar-refractivity contribution >= 4 is 5.78 Å². The lowest BCUT2D eigenvalue weighted by Crippen LogP contribution is -2.03. The van der Waals surface area contributed by atoms with Crippen LogP contribution in [0.25, 0.3) is 0 Å². The van der Waals surface area contributed by atoms with E-state index in [9.17, 15) is 9.18 Å². The van der Waals surface area contributed by atoms with E-state index in [1.54, 1.807) is 6.20 Å². The van der Waals surface area contributed by atoms with Crippen LogP contribution in [0.2, 0.25) is 0 Å². The number of aromatic nitrogens is 1. The fourth-order valence-electron chi connectivity index (χ4n) is 1.39. The number of nitrogens with one attached hydrogen (secondary N) is 1. The molecule has 0 amide bonds. The van der Waals surface area contributed by atoms with Gasteiger partial charge in [0.1, 0.15) is 5.82 Å². The number of benzene rings is 1. The van der Waals surface area contributed by atoms with Gasteiger partial charge in [-0.25, -0.2) is 4.39 Å². The van der Waals surface area contributed by atoms with Gasteiger partial charge in [-0.05, 0) is 36.4 Å². The fourth-order valence-corrected chi connectivity index (χ4v) is 1.39. The number of Topliss-reactive ketones (excluding diaryl/α,β-unsaturated/α-hetero) is 1. The number of hydrogen-bond donors (Lipinski definition) is 1. The Hall–Kier alpha value is -1.90. The molecule has 0 saturated heterocycles. The summed E-state index contributed by atoms with van der Waals surface area (Å²) in [6, 6.07) is 9.28. The summed E-state index contributed by atoms with van der Waals surface area (Å²) in [5.74, 6) is -0.344. The highest BCUT2D eigenvalue weighted by Crippen LogP contribution is 2.07. The molecule has 0 saturated carbocycles. The Labute approximate surface area is 86.8 Å². The normalized spacial score (nSPS) is 10.2. The summed E-state index contributed by atoms with van der Waals surface area (Å²) in [4.78, 5) is 14.6. The first-order valence-electron chi connectivity index (χ1n) is 4.67. The number of carbonyl (C=O) groups excluding carboxylic acids is 1. The van der Waals surface area contributed by atoms with E-state index in [4.69, 9.17) is 0 Å². The Bertz CT molecular complexity index is 445. The smallest absolute Gasteiger partial charge is 0.168 e. The van der Waals surface area contributed by atoms with Gasteiger partial charge in [-0.2, -0.15) is 0 Å². The summed E-state index contributed by atoms with van der Waals surface area (Å²) >= 11 is 0. The zero-order chi connectivity index (χ0) is 10.7. The maximum atomic E-state index is 12.6. The molecule has 0 aliphatic carbocycles. The van der Waals surface area contributed by atoms with Crippen LogP contribution in [-0.2, 0) is 6.42 Å². The second kappa shape index (κ2) is 4.09. The van der Waals surface area contributed by atoms with Crippen LogP contribution in [-0.4, -0.2) is 10.8 Å². The van der Waals surface area contributed by atoms with Gasteiger partial charge in [0.25, 0.3) is 0 Å². The third kappa shape index (κ3) is 2.31. The number of halogens is 1. The maximum Gasteiger partial charge on any atom is 0.168 e. The molecule has 2 aromatic rings. The summed E-state index contributed by atoms with van der Waals surface area (Å²) in [6.45, 7) is 0. The zero-order valence-electron chi connectivity index (χ0n) is 8.03. The van der Waals surface area contributed by atoms with E-state index in [0.717, 1.165) is 5.69 Å². The minimum atomic E-state index is -0.327. The lowest BCUT2D eigenvalue weighted by Gasteiger charge is -1.99. The van der Waals surface area contributed by atoms with E-state index in [0.29, 0.717) is 12.0 Å². The molecule has 0 spiro atoms. The first-order valence-corrected chi connectivity index (χ1v) is 4.67. The largest absolute Gasteiger partial charge is 0.365 e. The van der Waals surface area contributed by atoms with Gasteiger partial charge in [-0.15, -0.1) is 0 Å². The molecule has 1 heterocycles. The predicted molar refractivity (Wildman–Crippen MR) is 55.2 cm³/mol. The second-order valence-corrected chi connectivity index (χ2v) is 3.30. The summed E-state index contributed by atoms with van der Waals surface area (Å²) in [5, 5.41) is 0. The van der Waals surface area contributed by atoms with Crippen molar-refractivity contribution in [3.05, 3.63) is 59.7 Å². The Balaban J connectivity index is 2.11. The van der Waals surface area contributed by atoms with Crippen molar-refractivity contribution in [3.8, 4) is 0 Å². The highest BCUT2D eigenvalue weighted by atomic mass is 19.1. The molecule has 76 valence electrons. The molecule has 0 aliphatic heterocycles. The number of aromatic amines is 1. The SMILES string of the molecule is O=C(Cc1ccc[nH]1)c1ccc(F)cc1. The van der Waals surface area contributed by atoms with Gasteiger partial charge in [0.05, 0.1) is 6.42 Å². The van der Waals surface area contributed by atoms with Crippen LogP contribution < -0.4 is 0 Å². The monoisotopic (exact) mass is 203 g/mol. The van der Waals surface area contributed by atoms with Gasteiger partial charge in [-0.3, -0.25) is 4.79 Å². The summed E-state index contributed by atoms with van der Waals surface area (Å²) in [5.41, 5.74) is 1.40. The van der Waals surface area contributed by atoms with E-state index in [1.807, 2.05) is 12.1 Å². The second-order valence-electron chi connectivity index (χ2n) is 3.30. The number of rotatable bonds is 3. The van der Waals surface area contributed by atoms with Crippen LogP contribution in [0.15, 0.2) is 42.6 Å². The molecular weight excluding hydrogens is 193 g/mol. The van der Waals surface area contributed by atoms with Gasteiger partial charge in [0, 0.05) is 17.5 Å². The molecule has 15 heavy (non-hydrogen) atoms. The molecule has 1 aromatic heterocycles. The van der Waals surface area contributed by atoms with Crippen molar-refractivity contribution in [2.45, 2.75) is 6.42 Å². The van der Waals surface area contributed by atoms with Crippen molar-refractivity contribution in [3.63, 3.8) is 0 Å². The topological polar surface area (TPSA) is 32.9 Å². The molecule has 2 nitrogen and oxygen atoms in total. The molecule has 2 rings (SSSR count). The highest BCUT2D eigenvalue weighted by Gasteiger charge is 2.07. The number of carbonyl (C=O) groups is 1. The van der Waals surface area contributed by atoms with Gasteiger partial charge in [0.2, 0.25) is 0 Å². The minimum Gasteiger partial charge on any atom is -0.365 e. The predicted octanol–water partition coefficient (Wildman–Crippen LogP) is 2.58. The molecular formula is C12H10FNO. The number of ketones is 1. The van der Waals surface area contributed by atoms with E-state index >= 15 is 0 Å². The molecule has 3 heteroatoms. The Morgan fingerprint density at radius 3 is 2.53 bits per heavy atom. The van der Waals surface area contributed by atoms with Crippen LogP contribution in [0.3, 0.4) is 0 Å². The van der Waals surface area contributed by atoms with Crippen molar-refractivity contribution in [1.29, 1.82) is 0 Å². The maximum absolute atomic E-state index is 12.6. The third-order valence-corrected chi connectivity index (χ3v) is 2.18. The average molecular weight is 203 g/mol. The molecule has 0 atom stereocenters. The first-order chi connectivity index (χ1) is 7.25. The molecule has 1 N–H and O–H groups in total. The van der Waals surface area contributed by atoms with Gasteiger partial charge < -0.3 is 4.98 Å². The molecule has 0 radical (unpaired) electrons. The number of hydrogen-bond acceptors (Lipinski definition) is 1. The van der Waals surface area contributed by atoms with Gasteiger partial charge in [0.15, 0.2) is 5.78 Å². The van der Waals surface area contributed by atoms with Gasteiger partial charge in [-0.1, -0.05) is 0 Å².